The van der Waals surface area contributed by atoms with E-state index in [1.807, 2.05) is 0 Å². The lowest BCUT2D eigenvalue weighted by atomic mass is 9.64. The molecule has 1 heteroatoms. The lowest BCUT2D eigenvalue weighted by Gasteiger charge is -2.40. The Morgan fingerprint density at radius 1 is 0.923 bits per heavy atom. The number of benzene rings is 2. The molecule has 2 aromatic rings. The van der Waals surface area contributed by atoms with Crippen LogP contribution in [0, 0.1) is 0 Å². The smallest absolute Gasteiger partial charge is 0.0320 e. The fourth-order valence-electron chi connectivity index (χ4n) is 6.09. The summed E-state index contributed by atoms with van der Waals surface area (Å²) in [5.74, 6) is 0.575. The Morgan fingerprint density at radius 2 is 1.81 bits per heavy atom. The third kappa shape index (κ3) is 1.89. The summed E-state index contributed by atoms with van der Waals surface area (Å²) in [5.41, 5.74) is 11.6. The van der Waals surface area contributed by atoms with Crippen LogP contribution in [-0.4, -0.2) is 6.16 Å². The average molecular weight is 354 g/mol. The first kappa shape index (κ1) is 15.2. The van der Waals surface area contributed by atoms with E-state index in [0.29, 0.717) is 5.92 Å². The minimum Gasteiger partial charge on any atom is -0.113 e. The standard InChI is InChI=1S/C25H23P/c1-2-6-17(7-3-1)22-14-19-9-5-11-21-16-26-15-20-10-4-8-18-12-13-25(22,23(18)20)24(19)21/h1-9,11-12,22,26H,10,13-16H2/t22-,25-/m1/s1. The molecule has 0 amide bonds. The van der Waals surface area contributed by atoms with Gasteiger partial charge >= 0.3 is 0 Å². The molecule has 26 heavy (non-hydrogen) atoms. The van der Waals surface area contributed by atoms with Crippen molar-refractivity contribution >= 4 is 8.58 Å². The first-order valence-electron chi connectivity index (χ1n) is 9.84. The molecule has 0 radical (unpaired) electrons. The van der Waals surface area contributed by atoms with Gasteiger partial charge in [-0.1, -0.05) is 72.3 Å². The molecule has 0 fully saturated rings. The summed E-state index contributed by atoms with van der Waals surface area (Å²) >= 11 is 0. The Bertz CT molecular complexity index is 992. The summed E-state index contributed by atoms with van der Waals surface area (Å²) in [4.78, 5) is 0. The van der Waals surface area contributed by atoms with Gasteiger partial charge in [0.1, 0.15) is 0 Å². The Labute approximate surface area is 157 Å². The van der Waals surface area contributed by atoms with Crippen molar-refractivity contribution in [2.45, 2.75) is 36.8 Å². The fraction of sp³-hybridized carbons (Fsp3) is 0.280. The third-order valence-corrected chi connectivity index (χ3v) is 8.26. The van der Waals surface area contributed by atoms with Gasteiger partial charge in [0.2, 0.25) is 0 Å². The summed E-state index contributed by atoms with van der Waals surface area (Å²) in [6, 6.07) is 18.5. The zero-order valence-electron chi connectivity index (χ0n) is 15.0. The first-order valence-corrected chi connectivity index (χ1v) is 11.3. The van der Waals surface area contributed by atoms with E-state index in [4.69, 9.17) is 0 Å². The van der Waals surface area contributed by atoms with Crippen LogP contribution in [0.3, 0.4) is 0 Å². The Hall–Kier alpha value is -1.91. The van der Waals surface area contributed by atoms with Gasteiger partial charge in [-0.25, -0.2) is 0 Å². The summed E-state index contributed by atoms with van der Waals surface area (Å²) in [7, 11) is 1.02. The van der Waals surface area contributed by atoms with Crippen molar-refractivity contribution in [2.75, 3.05) is 6.16 Å². The largest absolute Gasteiger partial charge is 0.113 e. The van der Waals surface area contributed by atoms with Crippen molar-refractivity contribution in [3.63, 3.8) is 0 Å². The summed E-state index contributed by atoms with van der Waals surface area (Å²) < 4.78 is 0. The molecule has 0 saturated heterocycles. The monoisotopic (exact) mass is 354 g/mol. The number of hydrogen-bond donors (Lipinski definition) is 0. The second kappa shape index (κ2) is 5.54. The predicted octanol–water partition coefficient (Wildman–Crippen LogP) is 6.04. The molecule has 3 atom stereocenters. The van der Waals surface area contributed by atoms with Gasteiger partial charge in [0.25, 0.3) is 0 Å². The lowest BCUT2D eigenvalue weighted by molar-refractivity contribution is 0.451. The normalized spacial score (nSPS) is 29.2. The van der Waals surface area contributed by atoms with Gasteiger partial charge in [-0.15, -0.1) is 8.58 Å². The molecule has 128 valence electrons. The van der Waals surface area contributed by atoms with Crippen LogP contribution in [0.15, 0.2) is 83.5 Å². The summed E-state index contributed by atoms with van der Waals surface area (Å²) in [6.07, 6.45) is 13.4. The number of rotatable bonds is 1. The van der Waals surface area contributed by atoms with Gasteiger partial charge in [0.15, 0.2) is 0 Å². The second-order valence-corrected chi connectivity index (χ2v) is 9.35. The van der Waals surface area contributed by atoms with E-state index in [0.717, 1.165) is 8.58 Å². The van der Waals surface area contributed by atoms with Crippen LogP contribution in [0.25, 0.3) is 0 Å². The summed E-state index contributed by atoms with van der Waals surface area (Å²) in [6.45, 7) is 0. The van der Waals surface area contributed by atoms with Crippen LogP contribution >= 0.6 is 8.58 Å². The highest BCUT2D eigenvalue weighted by Crippen LogP contribution is 2.63. The van der Waals surface area contributed by atoms with Crippen molar-refractivity contribution in [3.8, 4) is 0 Å². The van der Waals surface area contributed by atoms with Crippen LogP contribution < -0.4 is 0 Å². The van der Waals surface area contributed by atoms with Crippen molar-refractivity contribution in [1.29, 1.82) is 0 Å². The van der Waals surface area contributed by atoms with E-state index in [9.17, 15) is 0 Å². The molecule has 2 aromatic carbocycles. The Morgan fingerprint density at radius 3 is 2.73 bits per heavy atom. The Kier molecular flexibility index (Phi) is 3.24. The SMILES string of the molecule is C1=CC2=CC[C@@]34C2=C(C1)CPCc1cccc(c13)C[C@@H]4c1ccccc1. The first-order chi connectivity index (χ1) is 12.9. The topological polar surface area (TPSA) is 0 Å². The van der Waals surface area contributed by atoms with E-state index in [1.54, 1.807) is 27.8 Å². The number of allylic oxidation sites excluding steroid dienone is 6. The third-order valence-electron chi connectivity index (χ3n) is 6.95. The molecule has 0 aromatic heterocycles. The highest BCUT2D eigenvalue weighted by Gasteiger charge is 2.54. The minimum absolute atomic E-state index is 0.188. The zero-order chi connectivity index (χ0) is 17.1. The fourth-order valence-corrected chi connectivity index (χ4v) is 7.40. The maximum absolute atomic E-state index is 2.54. The van der Waals surface area contributed by atoms with Gasteiger partial charge in [-0.3, -0.25) is 0 Å². The van der Waals surface area contributed by atoms with E-state index in [1.165, 1.54) is 42.7 Å². The van der Waals surface area contributed by atoms with Crippen molar-refractivity contribution < 1.29 is 0 Å². The molecule has 3 aliphatic carbocycles. The average Bonchev–Trinajstić information content (AvgIpc) is 3.22. The van der Waals surface area contributed by atoms with Crippen LogP contribution in [0.2, 0.25) is 0 Å². The second-order valence-electron chi connectivity index (χ2n) is 8.14. The maximum Gasteiger partial charge on any atom is 0.0320 e. The zero-order valence-corrected chi connectivity index (χ0v) is 16.0. The molecule has 0 N–H and O–H groups in total. The van der Waals surface area contributed by atoms with Gasteiger partial charge < -0.3 is 0 Å². The number of hydrogen-bond acceptors (Lipinski definition) is 0. The van der Waals surface area contributed by atoms with Crippen molar-refractivity contribution in [2.24, 2.45) is 0 Å². The molecular formula is C25H23P. The van der Waals surface area contributed by atoms with Crippen LogP contribution in [0.1, 0.15) is 41.0 Å². The minimum atomic E-state index is 0.188. The summed E-state index contributed by atoms with van der Waals surface area (Å²) in [5, 5.41) is 0. The molecule has 0 nitrogen and oxygen atoms in total. The van der Waals surface area contributed by atoms with Crippen molar-refractivity contribution in [3.05, 3.63) is 106 Å². The highest BCUT2D eigenvalue weighted by atomic mass is 31.1. The highest BCUT2D eigenvalue weighted by molar-refractivity contribution is 7.37. The Balaban J connectivity index is 1.68. The molecular weight excluding hydrogens is 331 g/mol. The molecule has 0 bridgehead atoms. The molecule has 1 heterocycles. The van der Waals surface area contributed by atoms with Gasteiger partial charge in [-0.2, -0.15) is 0 Å². The van der Waals surface area contributed by atoms with Gasteiger partial charge in [-0.05, 0) is 65.0 Å². The lowest BCUT2D eigenvalue weighted by Crippen LogP contribution is -2.33. The quantitative estimate of drug-likeness (QED) is 0.548. The molecule has 1 spiro atoms. The van der Waals surface area contributed by atoms with Crippen LogP contribution in [0.5, 0.6) is 0 Å². The van der Waals surface area contributed by atoms with E-state index in [-0.39, 0.29) is 5.41 Å². The predicted molar refractivity (Wildman–Crippen MR) is 111 cm³/mol. The molecule has 1 aliphatic heterocycles. The van der Waals surface area contributed by atoms with E-state index >= 15 is 0 Å². The van der Waals surface area contributed by atoms with E-state index in [2.05, 4.69) is 66.8 Å². The van der Waals surface area contributed by atoms with Crippen LogP contribution in [-0.2, 0) is 18.0 Å². The van der Waals surface area contributed by atoms with Gasteiger partial charge in [0.05, 0.1) is 0 Å². The molecule has 4 aliphatic rings. The van der Waals surface area contributed by atoms with Crippen LogP contribution in [0.4, 0.5) is 0 Å². The molecule has 6 rings (SSSR count). The van der Waals surface area contributed by atoms with Gasteiger partial charge in [0, 0.05) is 11.3 Å². The molecule has 1 unspecified atom stereocenters. The van der Waals surface area contributed by atoms with E-state index < -0.39 is 0 Å². The molecule has 0 saturated carbocycles. The maximum atomic E-state index is 2.54. The van der Waals surface area contributed by atoms with Crippen molar-refractivity contribution in [1.82, 2.24) is 0 Å².